The number of carboxylic acids is 1. The molecule has 1 amide bonds. The van der Waals surface area contributed by atoms with E-state index < -0.39 is 5.97 Å². The van der Waals surface area contributed by atoms with Gasteiger partial charge in [-0.3, -0.25) is 9.59 Å². The summed E-state index contributed by atoms with van der Waals surface area (Å²) in [7, 11) is 0. The van der Waals surface area contributed by atoms with Crippen molar-refractivity contribution in [3.05, 3.63) is 118 Å². The monoisotopic (exact) mass is 531 g/mol. The molecule has 0 aliphatic rings. The summed E-state index contributed by atoms with van der Waals surface area (Å²) in [5, 5.41) is 13.6. The Bertz CT molecular complexity index is 1400. The molecule has 0 bridgehead atoms. The number of benzene rings is 4. The lowest BCUT2D eigenvalue weighted by atomic mass is 9.73. The molecule has 196 valence electrons. The molecule has 0 aromatic heterocycles. The van der Waals surface area contributed by atoms with Crippen molar-refractivity contribution in [3.8, 4) is 0 Å². The number of rotatable bonds is 11. The maximum atomic E-state index is 14.8. The molecule has 6 heteroatoms. The van der Waals surface area contributed by atoms with Crippen LogP contribution in [0.25, 0.3) is 10.8 Å². The molecule has 0 fully saturated rings. The zero-order valence-corrected chi connectivity index (χ0v) is 22.0. The Kier molecular flexibility index (Phi) is 9.14. The van der Waals surface area contributed by atoms with Crippen molar-refractivity contribution in [3.63, 3.8) is 0 Å². The van der Waals surface area contributed by atoms with E-state index in [4.69, 9.17) is 16.7 Å². The van der Waals surface area contributed by atoms with Gasteiger partial charge < -0.3 is 10.4 Å². The molecule has 4 aromatic carbocycles. The summed E-state index contributed by atoms with van der Waals surface area (Å²) in [5.74, 6) is -1.51. The van der Waals surface area contributed by atoms with Gasteiger partial charge in [0, 0.05) is 28.4 Å². The third kappa shape index (κ3) is 6.40. The average molecular weight is 532 g/mol. The topological polar surface area (TPSA) is 66.4 Å². The number of aliphatic carboxylic acids is 1. The third-order valence-electron chi connectivity index (χ3n) is 6.97. The summed E-state index contributed by atoms with van der Waals surface area (Å²) >= 11 is 6.24. The fraction of sp³-hybridized carbons (Fsp3) is 0.250. The minimum Gasteiger partial charge on any atom is -0.481 e. The van der Waals surface area contributed by atoms with Crippen molar-refractivity contribution >= 4 is 34.2 Å². The number of amides is 1. The van der Waals surface area contributed by atoms with Gasteiger partial charge in [0.25, 0.3) is 5.91 Å². The summed E-state index contributed by atoms with van der Waals surface area (Å²) in [4.78, 5) is 23.3. The van der Waals surface area contributed by atoms with Crippen LogP contribution in [-0.4, -0.2) is 23.5 Å². The van der Waals surface area contributed by atoms with Gasteiger partial charge in [-0.05, 0) is 64.7 Å². The van der Waals surface area contributed by atoms with Crippen molar-refractivity contribution in [1.29, 1.82) is 0 Å². The molecule has 0 aliphatic carbocycles. The van der Waals surface area contributed by atoms with Crippen LogP contribution in [0, 0.1) is 5.82 Å². The Morgan fingerprint density at radius 1 is 0.895 bits per heavy atom. The molecule has 0 radical (unpaired) electrons. The van der Waals surface area contributed by atoms with Crippen LogP contribution in [0.15, 0.2) is 84.9 Å². The Morgan fingerprint density at radius 3 is 2.21 bits per heavy atom. The average Bonchev–Trinajstić information content (AvgIpc) is 2.92. The van der Waals surface area contributed by atoms with Gasteiger partial charge in [-0.2, -0.15) is 0 Å². The van der Waals surface area contributed by atoms with E-state index in [-0.39, 0.29) is 36.5 Å². The number of carbonyl (C=O) groups is 2. The zero-order chi connectivity index (χ0) is 27.1. The van der Waals surface area contributed by atoms with Gasteiger partial charge in [-0.1, -0.05) is 86.0 Å². The SMILES string of the molecule is CCCC[C@H](c1ccc(C(=O)NCCC(=O)O)cc1)C(c1ccc(Cl)cc1)c1ccc(F)c2ccccc12. The molecular formula is C32H31ClFNO3. The van der Waals surface area contributed by atoms with E-state index in [0.717, 1.165) is 41.3 Å². The fourth-order valence-electron chi connectivity index (χ4n) is 5.07. The summed E-state index contributed by atoms with van der Waals surface area (Å²) in [6.45, 7) is 2.23. The highest BCUT2D eigenvalue weighted by atomic mass is 35.5. The van der Waals surface area contributed by atoms with Crippen molar-refractivity contribution in [1.82, 2.24) is 5.32 Å². The van der Waals surface area contributed by atoms with Gasteiger partial charge in [-0.15, -0.1) is 0 Å². The lowest BCUT2D eigenvalue weighted by Gasteiger charge is -2.30. The van der Waals surface area contributed by atoms with Crippen molar-refractivity contribution in [2.75, 3.05) is 6.54 Å². The number of nitrogens with one attached hydrogen (secondary N) is 1. The first-order valence-electron chi connectivity index (χ1n) is 12.9. The van der Waals surface area contributed by atoms with Crippen molar-refractivity contribution in [2.45, 2.75) is 44.4 Å². The van der Waals surface area contributed by atoms with Crippen LogP contribution in [0.4, 0.5) is 4.39 Å². The Labute approximate surface area is 227 Å². The minimum absolute atomic E-state index is 0.0640. The van der Waals surface area contributed by atoms with Gasteiger partial charge in [-0.25, -0.2) is 4.39 Å². The first kappa shape index (κ1) is 27.3. The summed E-state index contributed by atoms with van der Waals surface area (Å²) < 4.78 is 14.8. The number of carboxylic acid groups (broad SMARTS) is 1. The van der Waals surface area contributed by atoms with Gasteiger partial charge in [0.05, 0.1) is 6.42 Å². The van der Waals surface area contributed by atoms with E-state index >= 15 is 0 Å². The number of carbonyl (C=O) groups excluding carboxylic acids is 1. The Morgan fingerprint density at radius 2 is 1.55 bits per heavy atom. The molecule has 0 heterocycles. The van der Waals surface area contributed by atoms with Crippen LogP contribution in [0.2, 0.25) is 5.02 Å². The van der Waals surface area contributed by atoms with Gasteiger partial charge in [0.1, 0.15) is 5.82 Å². The lowest BCUT2D eigenvalue weighted by molar-refractivity contribution is -0.136. The maximum absolute atomic E-state index is 14.8. The van der Waals surface area contributed by atoms with Gasteiger partial charge >= 0.3 is 5.97 Å². The Hall–Kier alpha value is -3.70. The van der Waals surface area contributed by atoms with E-state index in [1.54, 1.807) is 18.2 Å². The molecule has 4 aromatic rings. The molecule has 38 heavy (non-hydrogen) atoms. The van der Waals surface area contributed by atoms with Crippen molar-refractivity contribution < 1.29 is 19.1 Å². The second-order valence-corrected chi connectivity index (χ2v) is 9.92. The molecule has 4 nitrogen and oxygen atoms in total. The smallest absolute Gasteiger partial charge is 0.305 e. The number of fused-ring (bicyclic) bond motifs is 1. The number of unbranched alkanes of at least 4 members (excludes halogenated alkanes) is 1. The van der Waals surface area contributed by atoms with Crippen LogP contribution < -0.4 is 5.32 Å². The molecule has 4 rings (SSSR count). The predicted octanol–water partition coefficient (Wildman–Crippen LogP) is 7.94. The van der Waals surface area contributed by atoms with E-state index in [1.165, 1.54) is 0 Å². The molecule has 0 saturated carbocycles. The summed E-state index contributed by atoms with van der Waals surface area (Å²) in [6, 6.07) is 26.4. The third-order valence-corrected chi connectivity index (χ3v) is 7.22. The van der Waals surface area contributed by atoms with Gasteiger partial charge in [0.15, 0.2) is 0 Å². The minimum atomic E-state index is -0.957. The highest BCUT2D eigenvalue weighted by Gasteiger charge is 2.28. The molecular weight excluding hydrogens is 501 g/mol. The van der Waals surface area contributed by atoms with Crippen molar-refractivity contribution in [2.24, 2.45) is 0 Å². The molecule has 0 spiro atoms. The predicted molar refractivity (Wildman–Crippen MR) is 150 cm³/mol. The number of hydrogen-bond donors (Lipinski definition) is 2. The summed E-state index contributed by atoms with van der Waals surface area (Å²) in [6.07, 6.45) is 2.81. The Balaban J connectivity index is 1.78. The van der Waals surface area contributed by atoms with Gasteiger partial charge in [0.2, 0.25) is 0 Å². The van der Waals surface area contributed by atoms with Crippen LogP contribution >= 0.6 is 11.6 Å². The number of halogens is 2. The highest BCUT2D eigenvalue weighted by molar-refractivity contribution is 6.30. The molecule has 0 aliphatic heterocycles. The van der Waals surface area contributed by atoms with Crippen LogP contribution in [0.1, 0.15) is 71.5 Å². The van der Waals surface area contributed by atoms with E-state index in [0.29, 0.717) is 16.0 Å². The fourth-order valence-corrected chi connectivity index (χ4v) is 5.20. The number of hydrogen-bond acceptors (Lipinski definition) is 2. The van der Waals surface area contributed by atoms with Crippen LogP contribution in [-0.2, 0) is 4.79 Å². The molecule has 2 N–H and O–H groups in total. The first-order valence-corrected chi connectivity index (χ1v) is 13.3. The van der Waals surface area contributed by atoms with Crippen LogP contribution in [0.5, 0.6) is 0 Å². The first-order chi connectivity index (χ1) is 18.4. The zero-order valence-electron chi connectivity index (χ0n) is 21.3. The normalized spacial score (nSPS) is 12.7. The van der Waals surface area contributed by atoms with E-state index in [1.807, 2.05) is 66.7 Å². The van der Waals surface area contributed by atoms with E-state index in [2.05, 4.69) is 12.2 Å². The standard InChI is InChI=1S/C32H31ClFNO3/c1-2-3-6-25(21-9-11-23(12-10-21)32(38)35-20-19-30(36)37)31(22-13-15-24(33)16-14-22)28-17-18-29(34)27-8-5-4-7-26(27)28/h4-5,7-18,25,31H,2-3,6,19-20H2,1H3,(H,35,38)(H,36,37)/t25-,31?/m1/s1. The quantitative estimate of drug-likeness (QED) is 0.206. The second-order valence-electron chi connectivity index (χ2n) is 9.48. The van der Waals surface area contributed by atoms with E-state index in [9.17, 15) is 14.0 Å². The maximum Gasteiger partial charge on any atom is 0.305 e. The molecule has 1 unspecified atom stereocenters. The largest absolute Gasteiger partial charge is 0.481 e. The second kappa shape index (κ2) is 12.7. The molecule has 2 atom stereocenters. The highest BCUT2D eigenvalue weighted by Crippen LogP contribution is 2.44. The van der Waals surface area contributed by atoms with Crippen LogP contribution in [0.3, 0.4) is 0 Å². The lowest BCUT2D eigenvalue weighted by Crippen LogP contribution is -2.26. The molecule has 0 saturated heterocycles. The summed E-state index contributed by atoms with van der Waals surface area (Å²) in [5.41, 5.74) is 3.68.